The molecular formula is C19H17N5O2S2. The molecule has 0 unspecified atom stereocenters. The SMILES string of the molecule is O=S(=O)(NCCNc1nc(-c2ccncc2)nc2ccccc12)c1cccs1. The van der Waals surface area contributed by atoms with Crippen molar-refractivity contribution in [1.29, 1.82) is 0 Å². The van der Waals surface area contributed by atoms with Gasteiger partial charge in [-0.15, -0.1) is 11.3 Å². The zero-order valence-corrected chi connectivity index (χ0v) is 16.4. The number of fused-ring (bicyclic) bond motifs is 1. The number of thiophene rings is 1. The van der Waals surface area contributed by atoms with Crippen molar-refractivity contribution in [3.63, 3.8) is 0 Å². The van der Waals surface area contributed by atoms with E-state index in [1.807, 2.05) is 36.4 Å². The van der Waals surface area contributed by atoms with E-state index in [4.69, 9.17) is 0 Å². The molecule has 0 bridgehead atoms. The standard InChI is InChI=1S/C19H17N5O2S2/c25-28(26,17-6-3-13-27-17)22-12-11-21-19-15-4-1-2-5-16(15)23-18(24-19)14-7-9-20-10-8-14/h1-10,13,22H,11-12H2,(H,21,23,24). The van der Waals surface area contributed by atoms with Gasteiger partial charge in [-0.05, 0) is 35.7 Å². The van der Waals surface area contributed by atoms with Gasteiger partial charge in [-0.25, -0.2) is 23.1 Å². The first-order chi connectivity index (χ1) is 13.6. The van der Waals surface area contributed by atoms with Gasteiger partial charge in [-0.2, -0.15) is 0 Å². The number of sulfonamides is 1. The zero-order chi connectivity index (χ0) is 19.4. The van der Waals surface area contributed by atoms with Gasteiger partial charge in [-0.3, -0.25) is 4.98 Å². The lowest BCUT2D eigenvalue weighted by molar-refractivity contribution is 0.585. The molecule has 0 spiro atoms. The Morgan fingerprint density at radius 1 is 0.929 bits per heavy atom. The van der Waals surface area contributed by atoms with E-state index in [-0.39, 0.29) is 6.54 Å². The summed E-state index contributed by atoms with van der Waals surface area (Å²) in [4.78, 5) is 13.3. The predicted octanol–water partition coefficient (Wildman–Crippen LogP) is 3.14. The summed E-state index contributed by atoms with van der Waals surface area (Å²) in [5.41, 5.74) is 1.67. The summed E-state index contributed by atoms with van der Waals surface area (Å²) in [6.07, 6.45) is 3.39. The normalized spacial score (nSPS) is 11.6. The molecule has 4 aromatic rings. The van der Waals surface area contributed by atoms with E-state index in [9.17, 15) is 8.42 Å². The predicted molar refractivity (Wildman–Crippen MR) is 111 cm³/mol. The van der Waals surface area contributed by atoms with Crippen LogP contribution in [-0.4, -0.2) is 36.5 Å². The smallest absolute Gasteiger partial charge is 0.250 e. The van der Waals surface area contributed by atoms with Crippen LogP contribution in [0.4, 0.5) is 5.82 Å². The summed E-state index contributed by atoms with van der Waals surface area (Å²) in [7, 11) is -3.48. The molecule has 7 nitrogen and oxygen atoms in total. The number of pyridine rings is 1. The molecule has 28 heavy (non-hydrogen) atoms. The Balaban J connectivity index is 1.53. The highest BCUT2D eigenvalue weighted by molar-refractivity contribution is 7.91. The molecule has 142 valence electrons. The molecule has 0 aliphatic rings. The lowest BCUT2D eigenvalue weighted by Gasteiger charge is -2.11. The molecule has 0 radical (unpaired) electrons. The molecule has 0 amide bonds. The van der Waals surface area contributed by atoms with Crippen LogP contribution in [0.2, 0.25) is 0 Å². The molecule has 0 atom stereocenters. The molecule has 9 heteroatoms. The molecule has 2 N–H and O–H groups in total. The van der Waals surface area contributed by atoms with E-state index >= 15 is 0 Å². The molecule has 0 saturated heterocycles. The number of nitrogens with zero attached hydrogens (tertiary/aromatic N) is 3. The average molecular weight is 412 g/mol. The van der Waals surface area contributed by atoms with Gasteiger partial charge in [0.05, 0.1) is 5.52 Å². The summed E-state index contributed by atoms with van der Waals surface area (Å²) in [6, 6.07) is 14.7. The van der Waals surface area contributed by atoms with Crippen molar-refractivity contribution in [2.75, 3.05) is 18.4 Å². The van der Waals surface area contributed by atoms with E-state index in [0.717, 1.165) is 16.5 Å². The lowest BCUT2D eigenvalue weighted by atomic mass is 10.2. The molecule has 0 fully saturated rings. The largest absolute Gasteiger partial charge is 0.368 e. The van der Waals surface area contributed by atoms with Gasteiger partial charge in [-0.1, -0.05) is 18.2 Å². The third-order valence-corrected chi connectivity index (χ3v) is 6.87. The molecule has 0 saturated carbocycles. The van der Waals surface area contributed by atoms with E-state index in [1.165, 1.54) is 11.3 Å². The first-order valence-corrected chi connectivity index (χ1v) is 10.9. The van der Waals surface area contributed by atoms with Crippen molar-refractivity contribution in [3.05, 3.63) is 66.3 Å². The van der Waals surface area contributed by atoms with Crippen LogP contribution < -0.4 is 10.0 Å². The number of hydrogen-bond acceptors (Lipinski definition) is 7. The van der Waals surface area contributed by atoms with Crippen LogP contribution in [0.15, 0.2) is 70.5 Å². The van der Waals surface area contributed by atoms with E-state index in [1.54, 1.807) is 29.9 Å². The molecule has 3 heterocycles. The second-order valence-electron chi connectivity index (χ2n) is 5.91. The van der Waals surface area contributed by atoms with Crippen LogP contribution in [-0.2, 0) is 10.0 Å². The monoisotopic (exact) mass is 411 g/mol. The minimum Gasteiger partial charge on any atom is -0.368 e. The third-order valence-electron chi connectivity index (χ3n) is 4.01. The van der Waals surface area contributed by atoms with Crippen molar-refractivity contribution in [2.24, 2.45) is 0 Å². The number of para-hydroxylation sites is 1. The fraction of sp³-hybridized carbons (Fsp3) is 0.105. The van der Waals surface area contributed by atoms with Gasteiger partial charge >= 0.3 is 0 Å². The Bertz CT molecular complexity index is 1180. The number of benzene rings is 1. The highest BCUT2D eigenvalue weighted by Gasteiger charge is 2.14. The van der Waals surface area contributed by atoms with Gasteiger partial charge in [0, 0.05) is 36.4 Å². The van der Waals surface area contributed by atoms with E-state index in [0.29, 0.717) is 22.4 Å². The van der Waals surface area contributed by atoms with E-state index < -0.39 is 10.0 Å². The second kappa shape index (κ2) is 8.01. The van der Waals surface area contributed by atoms with Gasteiger partial charge in [0.2, 0.25) is 10.0 Å². The molecular weight excluding hydrogens is 394 g/mol. The third kappa shape index (κ3) is 4.01. The minimum absolute atomic E-state index is 0.239. The van der Waals surface area contributed by atoms with Crippen molar-refractivity contribution < 1.29 is 8.42 Å². The summed E-state index contributed by atoms with van der Waals surface area (Å²) in [5.74, 6) is 1.25. The Morgan fingerprint density at radius 2 is 1.75 bits per heavy atom. The van der Waals surface area contributed by atoms with Crippen molar-refractivity contribution >= 4 is 38.1 Å². The number of hydrogen-bond donors (Lipinski definition) is 2. The molecule has 4 rings (SSSR count). The van der Waals surface area contributed by atoms with Crippen molar-refractivity contribution in [3.8, 4) is 11.4 Å². The van der Waals surface area contributed by atoms with Crippen LogP contribution in [0, 0.1) is 0 Å². The summed E-state index contributed by atoms with van der Waals surface area (Å²) < 4.78 is 27.3. The molecule has 3 aromatic heterocycles. The zero-order valence-electron chi connectivity index (χ0n) is 14.7. The van der Waals surface area contributed by atoms with Crippen molar-refractivity contribution in [1.82, 2.24) is 19.7 Å². The van der Waals surface area contributed by atoms with E-state index in [2.05, 4.69) is 25.0 Å². The molecule has 0 aliphatic heterocycles. The van der Waals surface area contributed by atoms with Gasteiger partial charge in [0.25, 0.3) is 0 Å². The quantitative estimate of drug-likeness (QED) is 0.454. The first-order valence-electron chi connectivity index (χ1n) is 8.58. The number of nitrogens with one attached hydrogen (secondary N) is 2. The average Bonchev–Trinajstić information content (AvgIpc) is 3.27. The Labute approximate surface area is 166 Å². The van der Waals surface area contributed by atoms with Crippen LogP contribution in [0.5, 0.6) is 0 Å². The van der Waals surface area contributed by atoms with Crippen LogP contribution in [0.3, 0.4) is 0 Å². The Kier molecular flexibility index (Phi) is 5.29. The summed E-state index contributed by atoms with van der Waals surface area (Å²) in [6.45, 7) is 0.630. The first kappa shape index (κ1) is 18.5. The summed E-state index contributed by atoms with van der Waals surface area (Å²) in [5, 5.41) is 5.84. The number of anilines is 1. The Morgan fingerprint density at radius 3 is 2.54 bits per heavy atom. The van der Waals surface area contributed by atoms with Crippen molar-refractivity contribution in [2.45, 2.75) is 4.21 Å². The topological polar surface area (TPSA) is 96.9 Å². The fourth-order valence-electron chi connectivity index (χ4n) is 2.70. The number of aromatic nitrogens is 3. The highest BCUT2D eigenvalue weighted by atomic mass is 32.2. The maximum Gasteiger partial charge on any atom is 0.250 e. The molecule has 0 aliphatic carbocycles. The van der Waals surface area contributed by atoms with Crippen LogP contribution in [0.25, 0.3) is 22.3 Å². The Hall–Kier alpha value is -2.88. The molecule has 1 aromatic carbocycles. The highest BCUT2D eigenvalue weighted by Crippen LogP contribution is 2.24. The van der Waals surface area contributed by atoms with Gasteiger partial charge < -0.3 is 5.32 Å². The van der Waals surface area contributed by atoms with Crippen LogP contribution in [0.1, 0.15) is 0 Å². The maximum absolute atomic E-state index is 12.2. The van der Waals surface area contributed by atoms with Gasteiger partial charge in [0.1, 0.15) is 10.0 Å². The lowest BCUT2D eigenvalue weighted by Crippen LogP contribution is -2.28. The second-order valence-corrected chi connectivity index (χ2v) is 8.85. The fourth-order valence-corrected chi connectivity index (χ4v) is 4.76. The maximum atomic E-state index is 12.2. The number of rotatable bonds is 7. The minimum atomic E-state index is -3.48. The van der Waals surface area contributed by atoms with Crippen LogP contribution >= 0.6 is 11.3 Å². The summed E-state index contributed by atoms with van der Waals surface area (Å²) >= 11 is 1.19. The van der Waals surface area contributed by atoms with Gasteiger partial charge in [0.15, 0.2) is 5.82 Å².